The summed E-state index contributed by atoms with van der Waals surface area (Å²) in [6.07, 6.45) is 4.60. The standard InChI is InChI=1S/C22H27NO3/c1-2-3-4-10-16-23-19-13-8-9-14-20(19)26-21(22(23)24)15-17-25-18-11-6-5-7-12-18/h5-9,11-14,21H,2-4,10,15-17H2,1H3/t21-/m1/s1. The quantitative estimate of drug-likeness (QED) is 0.606. The summed E-state index contributed by atoms with van der Waals surface area (Å²) in [7, 11) is 0. The SMILES string of the molecule is CCCCCCN1C(=O)[C@@H](CCOc2ccccc2)Oc2ccccc21. The number of carbonyl (C=O) groups is 1. The van der Waals surface area contributed by atoms with Gasteiger partial charge in [-0.2, -0.15) is 0 Å². The van der Waals surface area contributed by atoms with E-state index in [1.54, 1.807) is 0 Å². The summed E-state index contributed by atoms with van der Waals surface area (Å²) in [6.45, 7) is 3.39. The Morgan fingerprint density at radius 2 is 1.77 bits per heavy atom. The molecule has 26 heavy (non-hydrogen) atoms. The summed E-state index contributed by atoms with van der Waals surface area (Å²) < 4.78 is 11.7. The van der Waals surface area contributed by atoms with Crippen LogP contribution in [0.1, 0.15) is 39.0 Å². The van der Waals surface area contributed by atoms with Crippen LogP contribution < -0.4 is 14.4 Å². The minimum Gasteiger partial charge on any atom is -0.493 e. The first-order valence-corrected chi connectivity index (χ1v) is 9.54. The van der Waals surface area contributed by atoms with Crippen molar-refractivity contribution in [3.63, 3.8) is 0 Å². The normalized spacial score (nSPS) is 16.1. The van der Waals surface area contributed by atoms with Crippen LogP contribution in [0.5, 0.6) is 11.5 Å². The number of ether oxygens (including phenoxy) is 2. The molecular weight excluding hydrogens is 326 g/mol. The Hall–Kier alpha value is -2.49. The van der Waals surface area contributed by atoms with Gasteiger partial charge in [0.05, 0.1) is 12.3 Å². The molecule has 0 spiro atoms. The highest BCUT2D eigenvalue weighted by Crippen LogP contribution is 2.34. The van der Waals surface area contributed by atoms with Gasteiger partial charge in [-0.1, -0.05) is 56.5 Å². The van der Waals surface area contributed by atoms with Crippen molar-refractivity contribution in [1.82, 2.24) is 0 Å². The molecule has 4 heteroatoms. The van der Waals surface area contributed by atoms with Crippen molar-refractivity contribution in [3.05, 3.63) is 54.6 Å². The van der Waals surface area contributed by atoms with Crippen LogP contribution in [0, 0.1) is 0 Å². The summed E-state index contributed by atoms with van der Waals surface area (Å²) in [5.41, 5.74) is 0.884. The van der Waals surface area contributed by atoms with Gasteiger partial charge in [0.25, 0.3) is 5.91 Å². The van der Waals surface area contributed by atoms with Crippen LogP contribution in [0.3, 0.4) is 0 Å². The van der Waals surface area contributed by atoms with Gasteiger partial charge in [0.1, 0.15) is 11.5 Å². The minimum absolute atomic E-state index is 0.0388. The van der Waals surface area contributed by atoms with E-state index in [2.05, 4.69) is 6.92 Å². The Morgan fingerprint density at radius 3 is 2.58 bits per heavy atom. The van der Waals surface area contributed by atoms with Crippen molar-refractivity contribution < 1.29 is 14.3 Å². The van der Waals surface area contributed by atoms with Crippen LogP contribution in [-0.2, 0) is 4.79 Å². The molecule has 138 valence electrons. The molecule has 1 amide bonds. The number of hydrogen-bond donors (Lipinski definition) is 0. The number of anilines is 1. The lowest BCUT2D eigenvalue weighted by Crippen LogP contribution is -2.46. The Bertz CT molecular complexity index is 702. The second-order valence-corrected chi connectivity index (χ2v) is 6.57. The number of carbonyl (C=O) groups excluding carboxylic acids is 1. The first kappa shape index (κ1) is 18.3. The molecule has 1 aliphatic rings. The Labute approximate surface area is 155 Å². The predicted molar refractivity (Wildman–Crippen MR) is 104 cm³/mol. The van der Waals surface area contributed by atoms with E-state index >= 15 is 0 Å². The number of para-hydroxylation sites is 3. The van der Waals surface area contributed by atoms with Crippen molar-refractivity contribution in [3.8, 4) is 11.5 Å². The summed E-state index contributed by atoms with van der Waals surface area (Å²) in [4.78, 5) is 14.8. The molecule has 0 bridgehead atoms. The Kier molecular flexibility index (Phi) is 6.53. The molecule has 2 aromatic carbocycles. The number of unbranched alkanes of at least 4 members (excludes halogenated alkanes) is 3. The van der Waals surface area contributed by atoms with E-state index in [1.807, 2.05) is 59.5 Å². The molecule has 0 aromatic heterocycles. The highest BCUT2D eigenvalue weighted by atomic mass is 16.5. The van der Waals surface area contributed by atoms with E-state index in [0.717, 1.165) is 36.6 Å². The topological polar surface area (TPSA) is 38.8 Å². The third-order valence-corrected chi connectivity index (χ3v) is 4.59. The first-order valence-electron chi connectivity index (χ1n) is 9.54. The highest BCUT2D eigenvalue weighted by molar-refractivity contribution is 6.00. The van der Waals surface area contributed by atoms with E-state index in [1.165, 1.54) is 12.8 Å². The molecule has 0 aliphatic carbocycles. The lowest BCUT2D eigenvalue weighted by Gasteiger charge is -2.34. The van der Waals surface area contributed by atoms with Gasteiger partial charge in [-0.15, -0.1) is 0 Å². The molecule has 4 nitrogen and oxygen atoms in total. The van der Waals surface area contributed by atoms with Crippen LogP contribution in [0.2, 0.25) is 0 Å². The lowest BCUT2D eigenvalue weighted by atomic mass is 10.1. The number of fused-ring (bicyclic) bond motifs is 1. The molecule has 0 fully saturated rings. The van der Waals surface area contributed by atoms with E-state index in [4.69, 9.17) is 9.47 Å². The summed E-state index contributed by atoms with van der Waals surface area (Å²) in [5, 5.41) is 0. The fourth-order valence-corrected chi connectivity index (χ4v) is 3.19. The fraction of sp³-hybridized carbons (Fsp3) is 0.409. The van der Waals surface area contributed by atoms with Crippen LogP contribution in [0.15, 0.2) is 54.6 Å². The zero-order valence-electron chi connectivity index (χ0n) is 15.4. The van der Waals surface area contributed by atoms with Crippen LogP contribution in [0.25, 0.3) is 0 Å². The van der Waals surface area contributed by atoms with Crippen molar-refractivity contribution in [1.29, 1.82) is 0 Å². The molecule has 1 aliphatic heterocycles. The Morgan fingerprint density at radius 1 is 1.00 bits per heavy atom. The summed E-state index contributed by atoms with van der Waals surface area (Å²) >= 11 is 0. The number of rotatable bonds is 9. The van der Waals surface area contributed by atoms with E-state index in [9.17, 15) is 4.79 Å². The Balaban J connectivity index is 1.63. The van der Waals surface area contributed by atoms with Gasteiger partial charge in [-0.3, -0.25) is 4.79 Å². The van der Waals surface area contributed by atoms with Gasteiger partial charge in [0, 0.05) is 13.0 Å². The monoisotopic (exact) mass is 353 g/mol. The van der Waals surface area contributed by atoms with E-state index in [-0.39, 0.29) is 5.91 Å². The smallest absolute Gasteiger partial charge is 0.268 e. The van der Waals surface area contributed by atoms with E-state index < -0.39 is 6.10 Å². The van der Waals surface area contributed by atoms with Crippen molar-refractivity contribution >= 4 is 11.6 Å². The first-order chi connectivity index (χ1) is 12.8. The zero-order chi connectivity index (χ0) is 18.2. The minimum atomic E-state index is -0.486. The molecule has 0 saturated heterocycles. The van der Waals surface area contributed by atoms with Crippen LogP contribution in [0.4, 0.5) is 5.69 Å². The predicted octanol–water partition coefficient (Wildman–Crippen LogP) is 4.83. The molecule has 0 saturated carbocycles. The molecule has 0 radical (unpaired) electrons. The summed E-state index contributed by atoms with van der Waals surface area (Å²) in [5.74, 6) is 1.64. The van der Waals surface area contributed by atoms with Gasteiger partial charge in [-0.25, -0.2) is 0 Å². The average Bonchev–Trinajstić information content (AvgIpc) is 2.68. The molecule has 0 unspecified atom stereocenters. The van der Waals surface area contributed by atoms with Crippen LogP contribution in [-0.4, -0.2) is 25.2 Å². The number of nitrogens with zero attached hydrogens (tertiary/aromatic N) is 1. The zero-order valence-corrected chi connectivity index (χ0v) is 15.4. The maximum atomic E-state index is 12.9. The molecule has 2 aromatic rings. The van der Waals surface area contributed by atoms with E-state index in [0.29, 0.717) is 13.0 Å². The lowest BCUT2D eigenvalue weighted by molar-refractivity contribution is -0.126. The largest absolute Gasteiger partial charge is 0.493 e. The third kappa shape index (κ3) is 4.57. The average molecular weight is 353 g/mol. The molecular formula is C22H27NO3. The molecule has 3 rings (SSSR count). The van der Waals surface area contributed by atoms with Crippen molar-refractivity contribution in [2.24, 2.45) is 0 Å². The van der Waals surface area contributed by atoms with Crippen molar-refractivity contribution in [2.45, 2.75) is 45.1 Å². The highest BCUT2D eigenvalue weighted by Gasteiger charge is 2.33. The number of benzene rings is 2. The molecule has 1 heterocycles. The van der Waals surface area contributed by atoms with Crippen LogP contribution >= 0.6 is 0 Å². The van der Waals surface area contributed by atoms with Gasteiger partial charge in [0.2, 0.25) is 0 Å². The molecule has 1 atom stereocenters. The second kappa shape index (κ2) is 9.27. The van der Waals surface area contributed by atoms with Gasteiger partial charge in [-0.05, 0) is 30.7 Å². The van der Waals surface area contributed by atoms with Crippen molar-refractivity contribution in [2.75, 3.05) is 18.1 Å². The molecule has 0 N–H and O–H groups in total. The second-order valence-electron chi connectivity index (χ2n) is 6.57. The number of amides is 1. The van der Waals surface area contributed by atoms with Gasteiger partial charge < -0.3 is 14.4 Å². The third-order valence-electron chi connectivity index (χ3n) is 4.59. The summed E-state index contributed by atoms with van der Waals surface area (Å²) in [6, 6.07) is 17.5. The van der Waals surface area contributed by atoms with Gasteiger partial charge >= 0.3 is 0 Å². The maximum absolute atomic E-state index is 12.9. The fourth-order valence-electron chi connectivity index (χ4n) is 3.19. The van der Waals surface area contributed by atoms with Gasteiger partial charge in [0.15, 0.2) is 6.10 Å². The maximum Gasteiger partial charge on any atom is 0.268 e. The number of hydrogen-bond acceptors (Lipinski definition) is 3.